The molecule has 0 saturated carbocycles. The van der Waals surface area contributed by atoms with E-state index in [0.717, 1.165) is 16.9 Å². The third-order valence-electron chi connectivity index (χ3n) is 3.16. The Kier molecular flexibility index (Phi) is 6.23. The molecule has 0 bridgehead atoms. The van der Waals surface area contributed by atoms with E-state index in [1.54, 1.807) is 13.3 Å². The number of carbonyl (C=O) groups excluding carboxylic acids is 1. The van der Waals surface area contributed by atoms with E-state index < -0.39 is 0 Å². The molecule has 2 amide bonds. The standard InChI is InChI=1S/C17H21N3O3/c1-3-23-16-14(7-5-9-18-16)12-20-17(21)19-11-13-6-4-8-15(10-13)22-2/h4-10H,3,11-12H2,1-2H3,(H2,19,20,21). The van der Waals surface area contributed by atoms with Crippen molar-refractivity contribution in [2.24, 2.45) is 0 Å². The van der Waals surface area contributed by atoms with Crippen LogP contribution in [0.15, 0.2) is 42.6 Å². The van der Waals surface area contributed by atoms with Crippen LogP contribution >= 0.6 is 0 Å². The van der Waals surface area contributed by atoms with Gasteiger partial charge in [-0.1, -0.05) is 18.2 Å². The number of nitrogens with one attached hydrogen (secondary N) is 2. The van der Waals surface area contributed by atoms with Crippen LogP contribution < -0.4 is 20.1 Å². The quantitative estimate of drug-likeness (QED) is 0.823. The highest BCUT2D eigenvalue weighted by atomic mass is 16.5. The second kappa shape index (κ2) is 8.63. The minimum absolute atomic E-state index is 0.251. The summed E-state index contributed by atoms with van der Waals surface area (Å²) in [6.07, 6.45) is 1.66. The first-order valence-electron chi connectivity index (χ1n) is 7.44. The van der Waals surface area contributed by atoms with Gasteiger partial charge in [-0.2, -0.15) is 0 Å². The van der Waals surface area contributed by atoms with Gasteiger partial charge in [0.05, 0.1) is 13.7 Å². The number of pyridine rings is 1. The summed E-state index contributed by atoms with van der Waals surface area (Å²) < 4.78 is 10.6. The molecule has 1 heterocycles. The third-order valence-corrected chi connectivity index (χ3v) is 3.16. The number of ether oxygens (including phenoxy) is 2. The second-order valence-electron chi connectivity index (χ2n) is 4.79. The molecule has 1 aromatic carbocycles. The van der Waals surface area contributed by atoms with Crippen molar-refractivity contribution in [3.05, 3.63) is 53.7 Å². The summed E-state index contributed by atoms with van der Waals surface area (Å²) in [5.41, 5.74) is 1.81. The second-order valence-corrected chi connectivity index (χ2v) is 4.79. The maximum Gasteiger partial charge on any atom is 0.315 e. The number of urea groups is 1. The number of aromatic nitrogens is 1. The van der Waals surface area contributed by atoms with Crippen LogP contribution in [0.25, 0.3) is 0 Å². The average Bonchev–Trinajstić information content (AvgIpc) is 2.59. The molecular weight excluding hydrogens is 294 g/mol. The van der Waals surface area contributed by atoms with Crippen molar-refractivity contribution in [2.75, 3.05) is 13.7 Å². The van der Waals surface area contributed by atoms with Gasteiger partial charge in [-0.15, -0.1) is 0 Å². The molecule has 23 heavy (non-hydrogen) atoms. The van der Waals surface area contributed by atoms with Crippen molar-refractivity contribution in [3.8, 4) is 11.6 Å². The summed E-state index contributed by atoms with van der Waals surface area (Å²) in [6.45, 7) is 3.21. The van der Waals surface area contributed by atoms with Crippen LogP contribution in [0, 0.1) is 0 Å². The van der Waals surface area contributed by atoms with Gasteiger partial charge >= 0.3 is 6.03 Å². The lowest BCUT2D eigenvalue weighted by atomic mass is 10.2. The van der Waals surface area contributed by atoms with Gasteiger partial charge in [0.2, 0.25) is 5.88 Å². The van der Waals surface area contributed by atoms with E-state index in [4.69, 9.17) is 9.47 Å². The maximum absolute atomic E-state index is 11.9. The molecule has 0 aliphatic heterocycles. The number of methoxy groups -OCH3 is 1. The first-order valence-corrected chi connectivity index (χ1v) is 7.44. The van der Waals surface area contributed by atoms with Gasteiger partial charge in [0.25, 0.3) is 0 Å². The van der Waals surface area contributed by atoms with E-state index in [9.17, 15) is 4.79 Å². The fraction of sp³-hybridized carbons (Fsp3) is 0.294. The highest BCUT2D eigenvalue weighted by molar-refractivity contribution is 5.73. The fourth-order valence-electron chi connectivity index (χ4n) is 2.03. The molecule has 0 radical (unpaired) electrons. The Labute approximate surface area is 135 Å². The van der Waals surface area contributed by atoms with E-state index in [-0.39, 0.29) is 6.03 Å². The van der Waals surface area contributed by atoms with Gasteiger partial charge in [-0.3, -0.25) is 0 Å². The number of hydrogen-bond acceptors (Lipinski definition) is 4. The predicted molar refractivity (Wildman–Crippen MR) is 87.5 cm³/mol. The zero-order chi connectivity index (χ0) is 16.5. The maximum atomic E-state index is 11.9. The summed E-state index contributed by atoms with van der Waals surface area (Å²) in [6, 6.07) is 11.0. The Bertz CT molecular complexity index is 646. The molecule has 0 saturated heterocycles. The van der Waals surface area contributed by atoms with Gasteiger partial charge in [-0.25, -0.2) is 9.78 Å². The Morgan fingerprint density at radius 2 is 2.00 bits per heavy atom. The Balaban J connectivity index is 1.83. The van der Waals surface area contributed by atoms with E-state index in [1.165, 1.54) is 0 Å². The summed E-state index contributed by atoms with van der Waals surface area (Å²) >= 11 is 0. The third kappa shape index (κ3) is 5.18. The Hall–Kier alpha value is -2.76. The lowest BCUT2D eigenvalue weighted by molar-refractivity contribution is 0.240. The SMILES string of the molecule is CCOc1ncccc1CNC(=O)NCc1cccc(OC)c1. The molecule has 0 atom stereocenters. The number of benzene rings is 1. The van der Waals surface area contributed by atoms with Crippen LogP contribution in [0.4, 0.5) is 4.79 Å². The van der Waals surface area contributed by atoms with Crippen LogP contribution in [-0.2, 0) is 13.1 Å². The first-order chi connectivity index (χ1) is 11.2. The number of amides is 2. The molecule has 6 heteroatoms. The van der Waals surface area contributed by atoms with E-state index in [0.29, 0.717) is 25.6 Å². The molecule has 0 aliphatic carbocycles. The van der Waals surface area contributed by atoms with Crippen LogP contribution in [0.2, 0.25) is 0 Å². The molecule has 122 valence electrons. The molecule has 0 spiro atoms. The molecule has 2 rings (SSSR count). The van der Waals surface area contributed by atoms with Crippen molar-refractivity contribution >= 4 is 6.03 Å². The predicted octanol–water partition coefficient (Wildman–Crippen LogP) is 2.49. The fourth-order valence-corrected chi connectivity index (χ4v) is 2.03. The zero-order valence-corrected chi connectivity index (χ0v) is 13.3. The Morgan fingerprint density at radius 3 is 2.78 bits per heavy atom. The molecule has 6 nitrogen and oxygen atoms in total. The van der Waals surface area contributed by atoms with Crippen LogP contribution in [0.1, 0.15) is 18.1 Å². The van der Waals surface area contributed by atoms with Crippen LogP contribution in [-0.4, -0.2) is 24.7 Å². The van der Waals surface area contributed by atoms with E-state index in [1.807, 2.05) is 43.3 Å². The van der Waals surface area contributed by atoms with Crippen molar-refractivity contribution in [2.45, 2.75) is 20.0 Å². The number of rotatable bonds is 7. The average molecular weight is 315 g/mol. The number of carbonyl (C=O) groups is 1. The zero-order valence-electron chi connectivity index (χ0n) is 13.3. The van der Waals surface area contributed by atoms with Crippen molar-refractivity contribution in [3.63, 3.8) is 0 Å². The van der Waals surface area contributed by atoms with Gasteiger partial charge in [0.15, 0.2) is 0 Å². The summed E-state index contributed by atoms with van der Waals surface area (Å²) in [4.78, 5) is 16.0. The molecule has 0 fully saturated rings. The van der Waals surface area contributed by atoms with Crippen molar-refractivity contribution in [1.29, 1.82) is 0 Å². The van der Waals surface area contributed by atoms with Gasteiger partial charge in [-0.05, 0) is 30.7 Å². The van der Waals surface area contributed by atoms with Crippen molar-refractivity contribution < 1.29 is 14.3 Å². The highest BCUT2D eigenvalue weighted by Crippen LogP contribution is 2.14. The molecular formula is C17H21N3O3. The van der Waals surface area contributed by atoms with Crippen LogP contribution in [0.5, 0.6) is 11.6 Å². The summed E-state index contributed by atoms with van der Waals surface area (Å²) in [7, 11) is 1.61. The lowest BCUT2D eigenvalue weighted by Crippen LogP contribution is -2.34. The smallest absolute Gasteiger partial charge is 0.315 e. The minimum Gasteiger partial charge on any atom is -0.497 e. The molecule has 1 aromatic heterocycles. The molecule has 2 N–H and O–H groups in total. The Morgan fingerprint density at radius 1 is 1.17 bits per heavy atom. The van der Waals surface area contributed by atoms with Gasteiger partial charge in [0, 0.05) is 24.8 Å². The van der Waals surface area contributed by atoms with Crippen molar-refractivity contribution in [1.82, 2.24) is 15.6 Å². The van der Waals surface area contributed by atoms with Crippen LogP contribution in [0.3, 0.4) is 0 Å². The van der Waals surface area contributed by atoms with Gasteiger partial charge < -0.3 is 20.1 Å². The highest BCUT2D eigenvalue weighted by Gasteiger charge is 2.06. The van der Waals surface area contributed by atoms with E-state index in [2.05, 4.69) is 15.6 Å². The van der Waals surface area contributed by atoms with E-state index >= 15 is 0 Å². The first kappa shape index (κ1) is 16.6. The number of nitrogens with zero attached hydrogens (tertiary/aromatic N) is 1. The van der Waals surface area contributed by atoms with Gasteiger partial charge in [0.1, 0.15) is 5.75 Å². The molecule has 0 unspecified atom stereocenters. The molecule has 2 aromatic rings. The normalized spacial score (nSPS) is 10.0. The monoisotopic (exact) mass is 315 g/mol. The summed E-state index contributed by atoms with van der Waals surface area (Å²) in [5.74, 6) is 1.31. The topological polar surface area (TPSA) is 72.5 Å². The lowest BCUT2D eigenvalue weighted by Gasteiger charge is -2.11. The largest absolute Gasteiger partial charge is 0.497 e. The number of hydrogen-bond donors (Lipinski definition) is 2. The minimum atomic E-state index is -0.251. The summed E-state index contributed by atoms with van der Waals surface area (Å²) in [5, 5.41) is 5.60. The molecule has 0 aliphatic rings.